The first kappa shape index (κ1) is 13.1. The van der Waals surface area contributed by atoms with Gasteiger partial charge in [0, 0.05) is 18.8 Å². The zero-order valence-corrected chi connectivity index (χ0v) is 11.3. The predicted octanol–water partition coefficient (Wildman–Crippen LogP) is 1.80. The van der Waals surface area contributed by atoms with Crippen LogP contribution in [0.15, 0.2) is 12.3 Å². The minimum absolute atomic E-state index is 0.537. The third kappa shape index (κ3) is 3.84. The van der Waals surface area contributed by atoms with E-state index in [1.54, 1.807) is 0 Å². The molecule has 18 heavy (non-hydrogen) atoms. The lowest BCUT2D eigenvalue weighted by atomic mass is 10.1. The van der Waals surface area contributed by atoms with Crippen molar-refractivity contribution in [1.82, 2.24) is 14.9 Å². The lowest BCUT2D eigenvalue weighted by Gasteiger charge is -2.29. The highest BCUT2D eigenvalue weighted by Gasteiger charge is 2.16. The van der Waals surface area contributed by atoms with Gasteiger partial charge in [0.25, 0.3) is 0 Å². The molecular formula is C13H23N5. The Hall–Kier alpha value is -1.36. The van der Waals surface area contributed by atoms with Gasteiger partial charge in [-0.05, 0) is 45.5 Å². The predicted molar refractivity (Wildman–Crippen MR) is 75.0 cm³/mol. The van der Waals surface area contributed by atoms with E-state index in [9.17, 15) is 0 Å². The molecular weight excluding hydrogens is 226 g/mol. The molecule has 1 aliphatic rings. The molecule has 0 aromatic carbocycles. The van der Waals surface area contributed by atoms with E-state index < -0.39 is 0 Å². The fraction of sp³-hybridized carbons (Fsp3) is 0.692. The molecule has 0 amide bonds. The highest BCUT2D eigenvalue weighted by Crippen LogP contribution is 2.14. The number of aromatic nitrogens is 2. The van der Waals surface area contributed by atoms with Gasteiger partial charge < -0.3 is 15.5 Å². The largest absolute Gasteiger partial charge is 0.367 e. The third-order valence-corrected chi connectivity index (χ3v) is 3.26. The summed E-state index contributed by atoms with van der Waals surface area (Å²) in [5.41, 5.74) is 0. The van der Waals surface area contributed by atoms with E-state index in [0.29, 0.717) is 6.04 Å². The molecule has 1 aromatic heterocycles. The SMILES string of the molecule is CCCNc1nccc(NC2CCN(C)CC2)n1. The zero-order chi connectivity index (χ0) is 12.8. The molecule has 0 unspecified atom stereocenters. The van der Waals surface area contributed by atoms with Crippen LogP contribution >= 0.6 is 0 Å². The second kappa shape index (κ2) is 6.54. The summed E-state index contributed by atoms with van der Waals surface area (Å²) in [6.45, 7) is 5.36. The Balaban J connectivity index is 1.88. The van der Waals surface area contributed by atoms with E-state index in [2.05, 4.69) is 39.5 Å². The highest BCUT2D eigenvalue weighted by atomic mass is 15.2. The molecule has 1 aromatic rings. The Kier molecular flexibility index (Phi) is 4.75. The van der Waals surface area contributed by atoms with Gasteiger partial charge in [-0.3, -0.25) is 0 Å². The van der Waals surface area contributed by atoms with Gasteiger partial charge in [0.1, 0.15) is 5.82 Å². The first-order valence-electron chi connectivity index (χ1n) is 6.80. The molecule has 100 valence electrons. The summed E-state index contributed by atoms with van der Waals surface area (Å²) in [5, 5.41) is 6.71. The van der Waals surface area contributed by atoms with E-state index in [1.807, 2.05) is 12.3 Å². The Morgan fingerprint density at radius 2 is 2.17 bits per heavy atom. The topological polar surface area (TPSA) is 53.1 Å². The minimum Gasteiger partial charge on any atom is -0.367 e. The van der Waals surface area contributed by atoms with Gasteiger partial charge in [0.05, 0.1) is 0 Å². The van der Waals surface area contributed by atoms with Gasteiger partial charge in [0.2, 0.25) is 5.95 Å². The van der Waals surface area contributed by atoms with Crippen molar-refractivity contribution >= 4 is 11.8 Å². The van der Waals surface area contributed by atoms with Crippen LogP contribution in [-0.2, 0) is 0 Å². The number of anilines is 2. The molecule has 2 heterocycles. The second-order valence-electron chi connectivity index (χ2n) is 4.91. The normalized spacial score (nSPS) is 17.7. The van der Waals surface area contributed by atoms with Crippen LogP contribution in [0.4, 0.5) is 11.8 Å². The maximum atomic E-state index is 4.48. The summed E-state index contributed by atoms with van der Waals surface area (Å²) in [5.74, 6) is 1.65. The summed E-state index contributed by atoms with van der Waals surface area (Å²) < 4.78 is 0. The van der Waals surface area contributed by atoms with E-state index >= 15 is 0 Å². The summed E-state index contributed by atoms with van der Waals surface area (Å²) >= 11 is 0. The highest BCUT2D eigenvalue weighted by molar-refractivity contribution is 5.40. The summed E-state index contributed by atoms with van der Waals surface area (Å²) in [4.78, 5) is 11.1. The number of nitrogens with zero attached hydrogens (tertiary/aromatic N) is 3. The molecule has 0 atom stereocenters. The van der Waals surface area contributed by atoms with Crippen LogP contribution in [-0.4, -0.2) is 47.6 Å². The summed E-state index contributed by atoms with van der Waals surface area (Å²) in [7, 11) is 2.17. The van der Waals surface area contributed by atoms with Crippen molar-refractivity contribution in [1.29, 1.82) is 0 Å². The van der Waals surface area contributed by atoms with E-state index in [-0.39, 0.29) is 0 Å². The van der Waals surface area contributed by atoms with Crippen molar-refractivity contribution in [3.8, 4) is 0 Å². The first-order chi connectivity index (χ1) is 8.78. The van der Waals surface area contributed by atoms with Crippen molar-refractivity contribution < 1.29 is 0 Å². The minimum atomic E-state index is 0.537. The Bertz CT molecular complexity index is 360. The van der Waals surface area contributed by atoms with E-state index in [0.717, 1.165) is 37.8 Å². The number of nitrogens with one attached hydrogen (secondary N) is 2. The number of hydrogen-bond donors (Lipinski definition) is 2. The molecule has 2 N–H and O–H groups in total. The molecule has 1 fully saturated rings. The van der Waals surface area contributed by atoms with Crippen molar-refractivity contribution in [2.45, 2.75) is 32.2 Å². The molecule has 0 aliphatic carbocycles. The number of hydrogen-bond acceptors (Lipinski definition) is 5. The van der Waals surface area contributed by atoms with Crippen LogP contribution in [0.25, 0.3) is 0 Å². The Morgan fingerprint density at radius 3 is 2.89 bits per heavy atom. The zero-order valence-electron chi connectivity index (χ0n) is 11.3. The lowest BCUT2D eigenvalue weighted by Crippen LogP contribution is -2.36. The molecule has 5 heteroatoms. The van der Waals surface area contributed by atoms with Gasteiger partial charge in [0.15, 0.2) is 0 Å². The van der Waals surface area contributed by atoms with Crippen LogP contribution in [0, 0.1) is 0 Å². The summed E-state index contributed by atoms with van der Waals surface area (Å²) in [6, 6.07) is 2.48. The van der Waals surface area contributed by atoms with Gasteiger partial charge in [-0.1, -0.05) is 6.92 Å². The monoisotopic (exact) mass is 249 g/mol. The van der Waals surface area contributed by atoms with Gasteiger partial charge >= 0.3 is 0 Å². The van der Waals surface area contributed by atoms with Crippen molar-refractivity contribution in [3.63, 3.8) is 0 Å². The average Bonchev–Trinajstić information content (AvgIpc) is 2.40. The fourth-order valence-electron chi connectivity index (χ4n) is 2.12. The number of piperidine rings is 1. The van der Waals surface area contributed by atoms with Crippen LogP contribution < -0.4 is 10.6 Å². The maximum Gasteiger partial charge on any atom is 0.224 e. The summed E-state index contributed by atoms with van der Waals surface area (Å²) in [6.07, 6.45) is 5.24. The molecule has 1 aliphatic heterocycles. The third-order valence-electron chi connectivity index (χ3n) is 3.26. The van der Waals surface area contributed by atoms with Crippen molar-refractivity contribution in [2.24, 2.45) is 0 Å². The number of likely N-dealkylation sites (tertiary alicyclic amines) is 1. The van der Waals surface area contributed by atoms with Crippen molar-refractivity contribution in [2.75, 3.05) is 37.3 Å². The van der Waals surface area contributed by atoms with Gasteiger partial charge in [-0.2, -0.15) is 4.98 Å². The van der Waals surface area contributed by atoms with Crippen LogP contribution in [0.1, 0.15) is 26.2 Å². The Labute approximate surface area is 109 Å². The smallest absolute Gasteiger partial charge is 0.224 e. The fourth-order valence-corrected chi connectivity index (χ4v) is 2.12. The standard InChI is InChI=1S/C13H23N5/c1-3-7-14-13-15-8-4-12(17-13)16-11-5-9-18(2)10-6-11/h4,8,11H,3,5-7,9-10H2,1-2H3,(H2,14,15,16,17). The molecule has 0 bridgehead atoms. The van der Waals surface area contributed by atoms with Gasteiger partial charge in [-0.25, -0.2) is 4.98 Å². The van der Waals surface area contributed by atoms with E-state index in [1.165, 1.54) is 12.8 Å². The van der Waals surface area contributed by atoms with Crippen molar-refractivity contribution in [3.05, 3.63) is 12.3 Å². The lowest BCUT2D eigenvalue weighted by molar-refractivity contribution is 0.263. The molecule has 0 radical (unpaired) electrons. The molecule has 2 rings (SSSR count). The van der Waals surface area contributed by atoms with Crippen LogP contribution in [0.5, 0.6) is 0 Å². The molecule has 0 spiro atoms. The van der Waals surface area contributed by atoms with Gasteiger partial charge in [-0.15, -0.1) is 0 Å². The van der Waals surface area contributed by atoms with Crippen LogP contribution in [0.3, 0.4) is 0 Å². The van der Waals surface area contributed by atoms with Crippen LogP contribution in [0.2, 0.25) is 0 Å². The second-order valence-corrected chi connectivity index (χ2v) is 4.91. The maximum absolute atomic E-state index is 4.48. The average molecular weight is 249 g/mol. The molecule has 0 saturated carbocycles. The molecule has 5 nitrogen and oxygen atoms in total. The quantitative estimate of drug-likeness (QED) is 0.833. The Morgan fingerprint density at radius 1 is 1.39 bits per heavy atom. The van der Waals surface area contributed by atoms with E-state index in [4.69, 9.17) is 0 Å². The number of rotatable bonds is 5. The molecule has 1 saturated heterocycles. The first-order valence-corrected chi connectivity index (χ1v) is 6.80.